The molecule has 2 unspecified atom stereocenters. The minimum Gasteiger partial charge on any atom is -0.463 e. The molecule has 0 radical (unpaired) electrons. The highest BCUT2D eigenvalue weighted by Gasteiger charge is 2.55. The molecule has 1 fully saturated rings. The van der Waals surface area contributed by atoms with Crippen LogP contribution in [0.5, 0.6) is 5.75 Å². The quantitative estimate of drug-likeness (QED) is 0.261. The highest BCUT2D eigenvalue weighted by Crippen LogP contribution is 2.51. The smallest absolute Gasteiger partial charge is 0.380 e. The van der Waals surface area contributed by atoms with Crippen molar-refractivity contribution in [2.24, 2.45) is 5.92 Å². The summed E-state index contributed by atoms with van der Waals surface area (Å²) in [5.41, 5.74) is -3.12. The topological polar surface area (TPSA) is 129 Å². The molecule has 2 aromatic rings. The van der Waals surface area contributed by atoms with Crippen molar-refractivity contribution in [1.82, 2.24) is 9.55 Å². The van der Waals surface area contributed by atoms with Gasteiger partial charge in [0.15, 0.2) is 11.9 Å². The van der Waals surface area contributed by atoms with Gasteiger partial charge in [-0.05, 0) is 39.0 Å². The van der Waals surface area contributed by atoms with Crippen molar-refractivity contribution < 1.29 is 37.4 Å². The molecule has 10 nitrogen and oxygen atoms in total. The number of esters is 1. The summed E-state index contributed by atoms with van der Waals surface area (Å²) in [6.07, 6.45) is -3.98. The maximum Gasteiger partial charge on any atom is 0.380 e. The van der Waals surface area contributed by atoms with Crippen molar-refractivity contribution in [2.75, 3.05) is 12.8 Å². The van der Waals surface area contributed by atoms with E-state index in [9.17, 15) is 19.3 Å². The SMILES string of the molecule is CC(C)OC(=O)[C@H](C)CP(=O)(OC[C@H]1O[C@@H](n2ccc(=S)[nH]c2=O)C(C)(F)[C@H]1O)Oc1ccccc1. The Balaban J connectivity index is 1.80. The average Bonchev–Trinajstić information content (AvgIpc) is 3.01. The molecule has 0 spiro atoms. The second kappa shape index (κ2) is 11.4. The van der Waals surface area contributed by atoms with E-state index in [1.165, 1.54) is 19.2 Å². The number of aliphatic hydroxyl groups excluding tert-OH is 1. The third kappa shape index (κ3) is 6.68. The van der Waals surface area contributed by atoms with Gasteiger partial charge in [-0.25, -0.2) is 13.8 Å². The molecule has 2 heterocycles. The van der Waals surface area contributed by atoms with Crippen LogP contribution in [0.1, 0.15) is 33.9 Å². The summed E-state index contributed by atoms with van der Waals surface area (Å²) in [5.74, 6) is -1.20. The lowest BCUT2D eigenvalue weighted by atomic mass is 9.98. The molecular formula is C23H30FN2O8PS. The van der Waals surface area contributed by atoms with Gasteiger partial charge in [0, 0.05) is 6.20 Å². The van der Waals surface area contributed by atoms with Crippen LogP contribution in [0.4, 0.5) is 4.39 Å². The number of rotatable bonds is 10. The van der Waals surface area contributed by atoms with Gasteiger partial charge >= 0.3 is 19.3 Å². The molecule has 1 aliphatic rings. The minimum absolute atomic E-state index is 0.152. The van der Waals surface area contributed by atoms with Crippen LogP contribution < -0.4 is 10.2 Å². The van der Waals surface area contributed by atoms with Crippen LogP contribution in [-0.2, 0) is 23.4 Å². The molecule has 0 amide bonds. The first kappa shape index (κ1) is 28.2. The van der Waals surface area contributed by atoms with Crippen LogP contribution in [0.3, 0.4) is 0 Å². The largest absolute Gasteiger partial charge is 0.463 e. The van der Waals surface area contributed by atoms with Gasteiger partial charge in [0.1, 0.15) is 22.6 Å². The zero-order valence-electron chi connectivity index (χ0n) is 20.3. The van der Waals surface area contributed by atoms with Crippen LogP contribution in [0.25, 0.3) is 0 Å². The van der Waals surface area contributed by atoms with Crippen LogP contribution in [-0.4, -0.2) is 57.4 Å². The third-order valence-electron chi connectivity index (χ3n) is 5.50. The molecule has 1 aliphatic heterocycles. The molecule has 1 aromatic carbocycles. The fraction of sp³-hybridized carbons (Fsp3) is 0.522. The maximum atomic E-state index is 15.5. The molecule has 0 bridgehead atoms. The number of aromatic amines is 1. The first-order valence-corrected chi connectivity index (χ1v) is 13.5. The van der Waals surface area contributed by atoms with Crippen molar-refractivity contribution in [3.8, 4) is 5.75 Å². The molecule has 0 aliphatic carbocycles. The number of H-pyrrole nitrogens is 1. The van der Waals surface area contributed by atoms with Crippen LogP contribution in [0.2, 0.25) is 0 Å². The number of benzene rings is 1. The summed E-state index contributed by atoms with van der Waals surface area (Å²) in [6.45, 7) is 5.45. The zero-order valence-corrected chi connectivity index (χ0v) is 22.0. The number of alkyl halides is 1. The monoisotopic (exact) mass is 544 g/mol. The Morgan fingerprint density at radius 3 is 2.58 bits per heavy atom. The molecule has 3 rings (SSSR count). The van der Waals surface area contributed by atoms with Crippen LogP contribution >= 0.6 is 19.8 Å². The van der Waals surface area contributed by atoms with Gasteiger partial charge in [-0.15, -0.1) is 0 Å². The van der Waals surface area contributed by atoms with Crippen LogP contribution in [0, 0.1) is 10.6 Å². The van der Waals surface area contributed by atoms with Crippen molar-refractivity contribution in [3.05, 3.63) is 57.7 Å². The predicted octanol–water partition coefficient (Wildman–Crippen LogP) is 3.77. The molecule has 1 aromatic heterocycles. The summed E-state index contributed by atoms with van der Waals surface area (Å²) < 4.78 is 52.3. The van der Waals surface area contributed by atoms with Crippen molar-refractivity contribution in [2.45, 2.75) is 57.9 Å². The number of aromatic nitrogens is 2. The molecule has 1 saturated heterocycles. The van der Waals surface area contributed by atoms with Gasteiger partial charge in [-0.1, -0.05) is 37.3 Å². The van der Waals surface area contributed by atoms with E-state index in [0.717, 1.165) is 11.5 Å². The van der Waals surface area contributed by atoms with Crippen molar-refractivity contribution >= 4 is 25.8 Å². The van der Waals surface area contributed by atoms with Gasteiger partial charge in [0.05, 0.1) is 24.8 Å². The lowest BCUT2D eigenvalue weighted by Gasteiger charge is -2.25. The van der Waals surface area contributed by atoms with E-state index in [0.29, 0.717) is 0 Å². The minimum atomic E-state index is -4.03. The standard InChI is InChI=1S/C23H30FN2O8PS/c1-14(2)32-20(28)15(3)13-35(30,34-16-8-6-5-7-9-16)31-12-17-19(27)23(4,24)21(33-17)26-11-10-18(36)25-22(26)29/h5-11,14-15,17,19,21,27H,12-13H2,1-4H3,(H,25,29,36)/t15-,17-,19+,21-,23?,35?/m1/s1. The Hall–Kier alpha value is -2.37. The van der Waals surface area contributed by atoms with Gasteiger partial charge in [-0.3, -0.25) is 18.9 Å². The highest BCUT2D eigenvalue weighted by molar-refractivity contribution is 7.71. The maximum absolute atomic E-state index is 15.5. The lowest BCUT2D eigenvalue weighted by molar-refractivity contribution is -0.151. The first-order chi connectivity index (χ1) is 16.8. The normalized spacial score (nSPS) is 26.4. The summed E-state index contributed by atoms with van der Waals surface area (Å²) in [4.78, 5) is 27.0. The Morgan fingerprint density at radius 1 is 1.31 bits per heavy atom. The molecular weight excluding hydrogens is 514 g/mol. The van der Waals surface area contributed by atoms with E-state index in [-0.39, 0.29) is 22.7 Å². The Morgan fingerprint density at radius 2 is 1.97 bits per heavy atom. The molecule has 13 heteroatoms. The number of carbonyl (C=O) groups excluding carboxylic acids is 1. The number of nitrogens with one attached hydrogen (secondary N) is 1. The summed E-state index contributed by atoms with van der Waals surface area (Å²) in [5, 5.41) is 10.6. The molecule has 0 saturated carbocycles. The van der Waals surface area contributed by atoms with Gasteiger partial charge in [0.25, 0.3) is 0 Å². The summed E-state index contributed by atoms with van der Waals surface area (Å²) >= 11 is 4.90. The Bertz CT molecular complexity index is 1220. The number of aliphatic hydroxyl groups is 1. The van der Waals surface area contributed by atoms with E-state index >= 15 is 4.39 Å². The van der Waals surface area contributed by atoms with Crippen molar-refractivity contribution in [3.63, 3.8) is 0 Å². The number of para-hydroxylation sites is 1. The Labute approximate surface area is 212 Å². The summed E-state index contributed by atoms with van der Waals surface area (Å²) in [7, 11) is -4.03. The number of ether oxygens (including phenoxy) is 2. The average molecular weight is 545 g/mol. The second-order valence-electron chi connectivity index (χ2n) is 9.02. The number of hydrogen-bond acceptors (Lipinski definition) is 9. The van der Waals surface area contributed by atoms with E-state index in [4.69, 9.17) is 30.7 Å². The predicted molar refractivity (Wildman–Crippen MR) is 131 cm³/mol. The van der Waals surface area contributed by atoms with Gasteiger partial charge < -0.3 is 19.1 Å². The summed E-state index contributed by atoms with van der Waals surface area (Å²) in [6, 6.07) is 9.59. The van der Waals surface area contributed by atoms with Gasteiger partial charge in [-0.2, -0.15) is 0 Å². The fourth-order valence-electron chi connectivity index (χ4n) is 3.67. The van der Waals surface area contributed by atoms with Crippen LogP contribution in [0.15, 0.2) is 47.4 Å². The van der Waals surface area contributed by atoms with Crippen molar-refractivity contribution in [1.29, 1.82) is 0 Å². The number of carbonyl (C=O) groups is 1. The van der Waals surface area contributed by atoms with Gasteiger partial charge in [0.2, 0.25) is 0 Å². The van der Waals surface area contributed by atoms with E-state index in [1.54, 1.807) is 44.2 Å². The third-order valence-corrected chi connectivity index (χ3v) is 7.76. The molecule has 198 valence electrons. The molecule has 36 heavy (non-hydrogen) atoms. The van der Waals surface area contributed by atoms with E-state index in [2.05, 4.69) is 4.98 Å². The number of hydrogen-bond donors (Lipinski definition) is 2. The molecule has 2 N–H and O–H groups in total. The Kier molecular flexibility index (Phi) is 8.89. The first-order valence-electron chi connectivity index (χ1n) is 11.3. The number of halogens is 1. The molecule has 6 atom stereocenters. The van der Waals surface area contributed by atoms with E-state index < -0.39 is 55.9 Å². The second-order valence-corrected chi connectivity index (χ2v) is 11.5. The fourth-order valence-corrected chi connectivity index (χ4v) is 5.68. The highest BCUT2D eigenvalue weighted by atomic mass is 32.1. The number of nitrogens with zero attached hydrogens (tertiary/aromatic N) is 1. The lowest BCUT2D eigenvalue weighted by Crippen LogP contribution is -2.43. The zero-order chi connectivity index (χ0) is 26.7. The van der Waals surface area contributed by atoms with E-state index in [1.807, 2.05) is 0 Å².